The Bertz CT molecular complexity index is 404. The molecule has 1 N–H and O–H groups in total. The molecule has 1 aliphatic carbocycles. The van der Waals surface area contributed by atoms with E-state index < -0.39 is 0 Å². The summed E-state index contributed by atoms with van der Waals surface area (Å²) in [5.74, 6) is -0.0478. The first kappa shape index (κ1) is 9.48. The number of halogens is 1. The van der Waals surface area contributed by atoms with Crippen molar-refractivity contribution in [1.82, 2.24) is 4.72 Å². The summed E-state index contributed by atoms with van der Waals surface area (Å²) in [5.41, 5.74) is 1.54. The molecule has 0 unspecified atom stereocenters. The molecule has 0 spiro atoms. The molecular weight excluding hydrogens is 211 g/mol. The van der Waals surface area contributed by atoms with Gasteiger partial charge in [-0.15, -0.1) is 0 Å². The van der Waals surface area contributed by atoms with Crippen LogP contribution < -0.4 is 9.62 Å². The smallest absolute Gasteiger partial charge is 0.150 e. The maximum absolute atomic E-state index is 14.0. The van der Waals surface area contributed by atoms with E-state index in [0.717, 1.165) is 22.8 Å². The molecule has 0 amide bonds. The van der Waals surface area contributed by atoms with Crippen LogP contribution in [0.3, 0.4) is 0 Å². The van der Waals surface area contributed by atoms with E-state index in [9.17, 15) is 4.39 Å². The number of nitrogens with one attached hydrogen (secondary N) is 1. The zero-order chi connectivity index (χ0) is 10.4. The summed E-state index contributed by atoms with van der Waals surface area (Å²) in [6.07, 6.45) is 2.39. The van der Waals surface area contributed by atoms with Gasteiger partial charge in [-0.25, -0.2) is 9.11 Å². The van der Waals surface area contributed by atoms with Crippen LogP contribution in [-0.2, 0) is 0 Å². The van der Waals surface area contributed by atoms with Crippen molar-refractivity contribution in [3.63, 3.8) is 0 Å². The third-order valence-corrected chi connectivity index (χ3v) is 3.79. The maximum atomic E-state index is 14.0. The predicted molar refractivity (Wildman–Crippen MR) is 60.5 cm³/mol. The van der Waals surface area contributed by atoms with Crippen LogP contribution in [0.4, 0.5) is 10.1 Å². The van der Waals surface area contributed by atoms with Gasteiger partial charge in [-0.2, -0.15) is 0 Å². The van der Waals surface area contributed by atoms with Gasteiger partial charge in [0.15, 0.2) is 5.82 Å². The Balaban J connectivity index is 2.10. The summed E-state index contributed by atoms with van der Waals surface area (Å²) < 4.78 is 17.3. The van der Waals surface area contributed by atoms with E-state index in [2.05, 4.69) is 9.62 Å². The summed E-state index contributed by atoms with van der Waals surface area (Å²) in [6.45, 7) is 2.58. The van der Waals surface area contributed by atoms with Gasteiger partial charge in [0.25, 0.3) is 0 Å². The lowest BCUT2D eigenvalue weighted by Gasteiger charge is -2.31. The van der Waals surface area contributed by atoms with Gasteiger partial charge in [-0.1, -0.05) is 6.07 Å². The van der Waals surface area contributed by atoms with Crippen LogP contribution >= 0.6 is 11.9 Å². The lowest BCUT2D eigenvalue weighted by molar-refractivity contribution is 0.597. The van der Waals surface area contributed by atoms with E-state index in [0.29, 0.717) is 6.04 Å². The van der Waals surface area contributed by atoms with Crippen LogP contribution in [-0.4, -0.2) is 12.7 Å². The fourth-order valence-electron chi connectivity index (χ4n) is 1.95. The van der Waals surface area contributed by atoms with Gasteiger partial charge in [-0.3, -0.25) is 0 Å². The fraction of sp³-hybridized carbons (Fsp3) is 0.455. The molecule has 0 bridgehead atoms. The molecule has 0 atom stereocenters. The second-order valence-electron chi connectivity index (χ2n) is 4.15. The van der Waals surface area contributed by atoms with Crippen molar-refractivity contribution < 1.29 is 4.39 Å². The lowest BCUT2D eigenvalue weighted by atomic mass is 10.2. The maximum Gasteiger partial charge on any atom is 0.150 e. The van der Waals surface area contributed by atoms with Crippen molar-refractivity contribution in [2.75, 3.05) is 11.6 Å². The third kappa shape index (κ3) is 1.52. The molecule has 1 aromatic carbocycles. The first-order valence-corrected chi connectivity index (χ1v) is 6.04. The van der Waals surface area contributed by atoms with E-state index in [-0.39, 0.29) is 5.82 Å². The second-order valence-corrected chi connectivity index (χ2v) is 5.08. The number of benzene rings is 1. The topological polar surface area (TPSA) is 15.3 Å². The number of anilines is 1. The summed E-state index contributed by atoms with van der Waals surface area (Å²) in [4.78, 5) is 3.17. The molecule has 0 aromatic heterocycles. The third-order valence-electron chi connectivity index (χ3n) is 2.96. The zero-order valence-corrected chi connectivity index (χ0v) is 9.40. The monoisotopic (exact) mass is 224 g/mol. The Kier molecular flexibility index (Phi) is 2.14. The second kappa shape index (κ2) is 3.39. The quantitative estimate of drug-likeness (QED) is 0.738. The van der Waals surface area contributed by atoms with Crippen LogP contribution in [0, 0.1) is 12.7 Å². The van der Waals surface area contributed by atoms with Gasteiger partial charge in [0.2, 0.25) is 0 Å². The predicted octanol–water partition coefficient (Wildman–Crippen LogP) is 2.67. The minimum absolute atomic E-state index is 0.0478. The van der Waals surface area contributed by atoms with Gasteiger partial charge < -0.3 is 4.90 Å². The first-order valence-electron chi connectivity index (χ1n) is 5.23. The normalized spacial score (nSPS) is 20.3. The van der Waals surface area contributed by atoms with Crippen LogP contribution in [0.5, 0.6) is 0 Å². The molecule has 0 saturated heterocycles. The molecule has 1 aliphatic heterocycles. The standard InChI is InChI=1S/C11H13FN2S/c1-7-2-5-9-11(10(7)12)14(6-13-15-9)8-3-4-8/h2,5,8,13H,3-4,6H2,1H3. The van der Waals surface area contributed by atoms with Crippen molar-refractivity contribution in [2.24, 2.45) is 0 Å². The van der Waals surface area contributed by atoms with E-state index in [4.69, 9.17) is 0 Å². The van der Waals surface area contributed by atoms with Gasteiger partial charge in [-0.05, 0) is 43.3 Å². The Morgan fingerprint density at radius 3 is 3.00 bits per heavy atom. The van der Waals surface area contributed by atoms with Crippen molar-refractivity contribution in [3.8, 4) is 0 Å². The largest absolute Gasteiger partial charge is 0.352 e. The van der Waals surface area contributed by atoms with Gasteiger partial charge in [0.1, 0.15) is 0 Å². The molecule has 15 heavy (non-hydrogen) atoms. The van der Waals surface area contributed by atoms with Gasteiger partial charge in [0, 0.05) is 10.9 Å². The highest BCUT2D eigenvalue weighted by Gasteiger charge is 2.34. The highest BCUT2D eigenvalue weighted by molar-refractivity contribution is 7.97. The minimum Gasteiger partial charge on any atom is -0.352 e. The van der Waals surface area contributed by atoms with Crippen LogP contribution in [0.1, 0.15) is 18.4 Å². The van der Waals surface area contributed by atoms with E-state index in [1.165, 1.54) is 24.8 Å². The number of nitrogens with zero attached hydrogens (tertiary/aromatic N) is 1. The number of hydrogen-bond acceptors (Lipinski definition) is 3. The minimum atomic E-state index is -0.0478. The number of aryl methyl sites for hydroxylation is 1. The molecule has 2 aliphatic rings. The van der Waals surface area contributed by atoms with Crippen molar-refractivity contribution in [3.05, 3.63) is 23.5 Å². The average molecular weight is 224 g/mol. The fourth-order valence-corrected chi connectivity index (χ4v) is 2.75. The molecule has 4 heteroatoms. The lowest BCUT2D eigenvalue weighted by Crippen LogP contribution is -2.37. The Hall–Kier alpha value is -0.740. The van der Waals surface area contributed by atoms with Crippen LogP contribution in [0.25, 0.3) is 0 Å². The van der Waals surface area contributed by atoms with Crippen LogP contribution in [0.2, 0.25) is 0 Å². The highest BCUT2D eigenvalue weighted by atomic mass is 32.2. The number of hydrogen-bond donors (Lipinski definition) is 1. The average Bonchev–Trinajstić information content (AvgIpc) is 3.06. The summed E-state index contributed by atoms with van der Waals surface area (Å²) >= 11 is 1.53. The van der Waals surface area contributed by atoms with E-state index >= 15 is 0 Å². The Morgan fingerprint density at radius 2 is 2.27 bits per heavy atom. The highest BCUT2D eigenvalue weighted by Crippen LogP contribution is 2.41. The number of rotatable bonds is 1. The molecule has 1 saturated carbocycles. The van der Waals surface area contributed by atoms with E-state index in [1.54, 1.807) is 0 Å². The molecule has 1 heterocycles. The molecular formula is C11H13FN2S. The first-order chi connectivity index (χ1) is 7.27. The summed E-state index contributed by atoms with van der Waals surface area (Å²) in [5, 5.41) is 0. The van der Waals surface area contributed by atoms with Gasteiger partial charge >= 0.3 is 0 Å². The summed E-state index contributed by atoms with van der Waals surface area (Å²) in [6, 6.07) is 4.40. The van der Waals surface area contributed by atoms with Crippen LogP contribution in [0.15, 0.2) is 17.0 Å². The summed E-state index contributed by atoms with van der Waals surface area (Å²) in [7, 11) is 0. The van der Waals surface area contributed by atoms with Crippen molar-refractivity contribution >= 4 is 17.6 Å². The zero-order valence-electron chi connectivity index (χ0n) is 8.59. The number of fused-ring (bicyclic) bond motifs is 1. The molecule has 1 aromatic rings. The molecule has 2 nitrogen and oxygen atoms in total. The van der Waals surface area contributed by atoms with Gasteiger partial charge in [0.05, 0.1) is 12.4 Å². The Labute approximate surface area is 93.0 Å². The Morgan fingerprint density at radius 1 is 1.47 bits per heavy atom. The van der Waals surface area contributed by atoms with E-state index in [1.807, 2.05) is 19.1 Å². The van der Waals surface area contributed by atoms with Crippen molar-refractivity contribution in [2.45, 2.75) is 30.7 Å². The molecule has 0 radical (unpaired) electrons. The SMILES string of the molecule is Cc1ccc2c(c1F)N(C1CC1)CNS2. The molecule has 80 valence electrons. The van der Waals surface area contributed by atoms with Crippen molar-refractivity contribution in [1.29, 1.82) is 0 Å². The molecule has 3 rings (SSSR count). The molecule has 1 fully saturated rings.